The number of benzene rings is 1. The number of nitrogens with one attached hydrogen (secondary N) is 3. The predicted octanol–water partition coefficient (Wildman–Crippen LogP) is 2.47. The van der Waals surface area contributed by atoms with Gasteiger partial charge in [0.2, 0.25) is 11.8 Å². The molecule has 1 aromatic heterocycles. The van der Waals surface area contributed by atoms with Gasteiger partial charge in [-0.3, -0.25) is 24.2 Å². The number of methoxy groups -OCH3 is 1. The highest BCUT2D eigenvalue weighted by Crippen LogP contribution is 2.28. The average molecular weight is 648 g/mol. The monoisotopic (exact) mass is 647 g/mol. The van der Waals surface area contributed by atoms with Gasteiger partial charge in [-0.2, -0.15) is 0 Å². The van der Waals surface area contributed by atoms with Crippen molar-refractivity contribution >= 4 is 45.3 Å². The van der Waals surface area contributed by atoms with E-state index in [1.165, 1.54) is 24.3 Å². The average Bonchev–Trinajstić information content (AvgIpc) is 3.02. The zero-order valence-electron chi connectivity index (χ0n) is 25.2. The molecule has 3 amide bonds. The minimum atomic E-state index is -1.03. The summed E-state index contributed by atoms with van der Waals surface area (Å²) < 4.78 is 10.4. The van der Waals surface area contributed by atoms with Gasteiger partial charge in [-0.05, 0) is 59.4 Å². The Kier molecular flexibility index (Phi) is 14.8. The van der Waals surface area contributed by atoms with Crippen LogP contribution in [0.4, 0.5) is 0 Å². The number of phenolic OH excluding ortho intramolecular Hbond substituents is 1. The van der Waals surface area contributed by atoms with Crippen molar-refractivity contribution < 1.29 is 33.8 Å². The molecular formula is C30H41N5O7S2. The van der Waals surface area contributed by atoms with Crippen molar-refractivity contribution in [3.8, 4) is 5.75 Å². The standard InChI is InChI=1S/C30H41N5O7S2/c1-20(2)27(33-25(37)12-15-42-16-17-43-44-26-11-4-5-13-31-26)28(38)32-24(19-21-8-6-9-22(36)18-21)29(39)35-14-7-10-23(34-35)30(40)41-3/h4-6,8-9,11,13,18,20,23-24,27,34,36H,7,10,12,14-17,19H2,1-3H3,(H,32,38)(H,33,37). The second kappa shape index (κ2) is 18.5. The number of hydrogen-bond acceptors (Lipinski definition) is 11. The molecule has 1 fully saturated rings. The van der Waals surface area contributed by atoms with Gasteiger partial charge in [0.25, 0.3) is 5.91 Å². The van der Waals surface area contributed by atoms with Crippen molar-refractivity contribution in [3.63, 3.8) is 0 Å². The van der Waals surface area contributed by atoms with Crippen molar-refractivity contribution in [2.75, 3.05) is 32.6 Å². The van der Waals surface area contributed by atoms with E-state index in [0.29, 0.717) is 31.6 Å². The van der Waals surface area contributed by atoms with Gasteiger partial charge in [-0.1, -0.05) is 42.8 Å². The minimum Gasteiger partial charge on any atom is -0.508 e. The smallest absolute Gasteiger partial charge is 0.324 e. The maximum atomic E-state index is 13.6. The second-order valence-electron chi connectivity index (χ2n) is 10.5. The van der Waals surface area contributed by atoms with Crippen LogP contribution in [0.15, 0.2) is 53.7 Å². The van der Waals surface area contributed by atoms with Crippen LogP contribution in [-0.4, -0.2) is 89.5 Å². The van der Waals surface area contributed by atoms with Gasteiger partial charge in [0, 0.05) is 31.3 Å². The van der Waals surface area contributed by atoms with E-state index in [4.69, 9.17) is 9.47 Å². The number of pyridine rings is 1. The molecule has 0 spiro atoms. The van der Waals surface area contributed by atoms with Crippen LogP contribution in [0, 0.1) is 5.92 Å². The summed E-state index contributed by atoms with van der Waals surface area (Å²) in [5, 5.41) is 17.8. The summed E-state index contributed by atoms with van der Waals surface area (Å²) in [4.78, 5) is 56.2. The van der Waals surface area contributed by atoms with Gasteiger partial charge < -0.3 is 25.2 Å². The van der Waals surface area contributed by atoms with Gasteiger partial charge in [0.05, 0.1) is 20.3 Å². The fourth-order valence-electron chi connectivity index (χ4n) is 4.47. The van der Waals surface area contributed by atoms with E-state index in [0.717, 1.165) is 10.8 Å². The molecule has 1 saturated heterocycles. The number of nitrogens with zero attached hydrogens (tertiary/aromatic N) is 2. The number of carbonyl (C=O) groups is 4. The summed E-state index contributed by atoms with van der Waals surface area (Å²) in [5.74, 6) is -1.31. The highest BCUT2D eigenvalue weighted by molar-refractivity contribution is 8.76. The Morgan fingerprint density at radius 3 is 2.66 bits per heavy atom. The molecule has 4 N–H and O–H groups in total. The van der Waals surface area contributed by atoms with E-state index in [-0.39, 0.29) is 37.0 Å². The number of carbonyl (C=O) groups excluding carboxylic acids is 4. The highest BCUT2D eigenvalue weighted by Gasteiger charge is 2.34. The van der Waals surface area contributed by atoms with E-state index >= 15 is 0 Å². The fourth-order valence-corrected chi connectivity index (χ4v) is 6.21. The van der Waals surface area contributed by atoms with Gasteiger partial charge >= 0.3 is 5.97 Å². The molecule has 0 saturated carbocycles. The lowest BCUT2D eigenvalue weighted by Crippen LogP contribution is -2.62. The Morgan fingerprint density at radius 2 is 1.95 bits per heavy atom. The van der Waals surface area contributed by atoms with Gasteiger partial charge in [0.1, 0.15) is 28.9 Å². The Hall–Kier alpha value is -3.33. The van der Waals surface area contributed by atoms with E-state index in [9.17, 15) is 24.3 Å². The molecule has 2 heterocycles. The lowest BCUT2D eigenvalue weighted by atomic mass is 10.00. The van der Waals surface area contributed by atoms with Crippen LogP contribution < -0.4 is 16.1 Å². The molecule has 1 aromatic carbocycles. The topological polar surface area (TPSA) is 159 Å². The van der Waals surface area contributed by atoms with E-state index in [1.54, 1.807) is 53.8 Å². The zero-order chi connectivity index (χ0) is 31.9. The first kappa shape index (κ1) is 35.2. The summed E-state index contributed by atoms with van der Waals surface area (Å²) in [7, 11) is 4.45. The Morgan fingerprint density at radius 1 is 1.14 bits per heavy atom. The molecule has 3 atom stereocenters. The summed E-state index contributed by atoms with van der Waals surface area (Å²) in [6.45, 7) is 4.61. The quantitative estimate of drug-likeness (QED) is 0.120. The number of amides is 3. The largest absolute Gasteiger partial charge is 0.508 e. The maximum absolute atomic E-state index is 13.6. The number of aromatic hydroxyl groups is 1. The zero-order valence-corrected chi connectivity index (χ0v) is 26.8. The number of aromatic nitrogens is 1. The molecule has 240 valence electrons. The van der Waals surface area contributed by atoms with E-state index in [1.807, 2.05) is 18.2 Å². The molecule has 44 heavy (non-hydrogen) atoms. The number of rotatable bonds is 16. The van der Waals surface area contributed by atoms with Crippen molar-refractivity contribution in [3.05, 3.63) is 54.2 Å². The maximum Gasteiger partial charge on any atom is 0.324 e. The van der Waals surface area contributed by atoms with E-state index < -0.39 is 35.9 Å². The van der Waals surface area contributed by atoms with Crippen LogP contribution >= 0.6 is 21.6 Å². The molecule has 0 aliphatic carbocycles. The van der Waals surface area contributed by atoms with Crippen LogP contribution in [0.2, 0.25) is 0 Å². The second-order valence-corrected chi connectivity index (χ2v) is 12.9. The Labute approximate surface area is 265 Å². The number of phenols is 1. The molecule has 1 aliphatic rings. The lowest BCUT2D eigenvalue weighted by Gasteiger charge is -2.35. The summed E-state index contributed by atoms with van der Waals surface area (Å²) in [6.07, 6.45) is 2.98. The van der Waals surface area contributed by atoms with Crippen molar-refractivity contribution in [2.45, 2.75) is 62.7 Å². The number of hydrazine groups is 1. The summed E-state index contributed by atoms with van der Waals surface area (Å²) in [5.41, 5.74) is 3.54. The predicted molar refractivity (Wildman–Crippen MR) is 168 cm³/mol. The normalized spacial score (nSPS) is 16.2. The van der Waals surface area contributed by atoms with Crippen LogP contribution in [-0.2, 0) is 35.1 Å². The molecule has 14 heteroatoms. The van der Waals surface area contributed by atoms with Gasteiger partial charge in [-0.25, -0.2) is 10.4 Å². The third kappa shape index (κ3) is 11.6. The first-order chi connectivity index (χ1) is 21.2. The highest BCUT2D eigenvalue weighted by atomic mass is 33.1. The molecule has 2 aromatic rings. The van der Waals surface area contributed by atoms with Crippen LogP contribution in [0.25, 0.3) is 0 Å². The molecule has 12 nitrogen and oxygen atoms in total. The number of esters is 1. The fraction of sp³-hybridized carbons (Fsp3) is 0.500. The van der Waals surface area contributed by atoms with Crippen LogP contribution in [0.3, 0.4) is 0 Å². The van der Waals surface area contributed by atoms with Gasteiger partial charge in [-0.15, -0.1) is 0 Å². The van der Waals surface area contributed by atoms with Crippen molar-refractivity contribution in [1.82, 2.24) is 26.1 Å². The summed E-state index contributed by atoms with van der Waals surface area (Å²) in [6, 6.07) is 9.53. The van der Waals surface area contributed by atoms with Crippen molar-refractivity contribution in [2.24, 2.45) is 5.92 Å². The molecule has 0 bridgehead atoms. The number of hydrogen-bond donors (Lipinski definition) is 4. The van der Waals surface area contributed by atoms with E-state index in [2.05, 4.69) is 21.0 Å². The van der Waals surface area contributed by atoms with Crippen LogP contribution in [0.5, 0.6) is 5.75 Å². The first-order valence-electron chi connectivity index (χ1n) is 14.5. The first-order valence-corrected chi connectivity index (χ1v) is 16.8. The minimum absolute atomic E-state index is 0.0296. The molecule has 0 radical (unpaired) electrons. The Balaban J connectivity index is 1.55. The SMILES string of the molecule is COC(=O)C1CCCN(C(=O)C(Cc2cccc(O)c2)NC(=O)C(NC(=O)CCOCCSSc2ccccn2)C(C)C)N1. The third-order valence-electron chi connectivity index (χ3n) is 6.74. The Bertz CT molecular complexity index is 1240. The third-order valence-corrected chi connectivity index (χ3v) is 8.96. The van der Waals surface area contributed by atoms with Gasteiger partial charge in [0.15, 0.2) is 0 Å². The molecular weight excluding hydrogens is 606 g/mol. The van der Waals surface area contributed by atoms with Crippen molar-refractivity contribution in [1.29, 1.82) is 0 Å². The molecule has 3 rings (SSSR count). The molecule has 3 unspecified atom stereocenters. The van der Waals surface area contributed by atoms with Crippen LogP contribution in [0.1, 0.15) is 38.7 Å². The lowest BCUT2D eigenvalue weighted by molar-refractivity contribution is -0.151. The molecule has 1 aliphatic heterocycles. The summed E-state index contributed by atoms with van der Waals surface area (Å²) >= 11 is 0. The number of ether oxygens (including phenoxy) is 2.